The van der Waals surface area contributed by atoms with Gasteiger partial charge in [0, 0.05) is 24.1 Å². The van der Waals surface area contributed by atoms with Gasteiger partial charge in [0.2, 0.25) is 5.91 Å². The molecule has 0 aliphatic carbocycles. The van der Waals surface area contributed by atoms with Crippen LogP contribution in [0, 0.1) is 11.6 Å². The van der Waals surface area contributed by atoms with E-state index in [1.165, 1.54) is 17.0 Å². The van der Waals surface area contributed by atoms with Crippen molar-refractivity contribution in [1.29, 1.82) is 0 Å². The molecule has 0 saturated carbocycles. The van der Waals surface area contributed by atoms with Crippen LogP contribution in [0.1, 0.15) is 0 Å². The fourth-order valence-corrected chi connectivity index (χ4v) is 2.89. The smallest absolute Gasteiger partial charge is 0.287 e. The van der Waals surface area contributed by atoms with Crippen molar-refractivity contribution >= 4 is 23.4 Å². The highest BCUT2D eigenvalue weighted by Gasteiger charge is 2.12. The number of nitrogens with one attached hydrogen (secondary N) is 1. The summed E-state index contributed by atoms with van der Waals surface area (Å²) in [6.45, 7) is 0. The Hall–Kier alpha value is -3.00. The fourth-order valence-electron chi connectivity index (χ4n) is 2.20. The summed E-state index contributed by atoms with van der Waals surface area (Å²) in [4.78, 5) is 28.4. The molecule has 2 aromatic carbocycles. The molecule has 3 rings (SSSR count). The lowest BCUT2D eigenvalue weighted by Crippen LogP contribution is -2.22. The first kappa shape index (κ1) is 17.8. The van der Waals surface area contributed by atoms with E-state index in [0.29, 0.717) is 11.8 Å². The number of hydrogen-bond acceptors (Lipinski definition) is 4. The van der Waals surface area contributed by atoms with E-state index in [-0.39, 0.29) is 22.0 Å². The zero-order valence-electron chi connectivity index (χ0n) is 13.4. The highest BCUT2D eigenvalue weighted by molar-refractivity contribution is 7.99. The lowest BCUT2D eigenvalue weighted by molar-refractivity contribution is -0.113. The summed E-state index contributed by atoms with van der Waals surface area (Å²) in [6, 6.07) is 11.9. The van der Waals surface area contributed by atoms with Crippen molar-refractivity contribution in [1.82, 2.24) is 9.55 Å². The van der Waals surface area contributed by atoms with E-state index < -0.39 is 17.5 Å². The summed E-state index contributed by atoms with van der Waals surface area (Å²) in [6.07, 6.45) is 3.00. The van der Waals surface area contributed by atoms with Gasteiger partial charge in [-0.1, -0.05) is 30.0 Å². The summed E-state index contributed by atoms with van der Waals surface area (Å²) >= 11 is 0.939. The molecule has 0 fully saturated rings. The molecule has 0 unspecified atom stereocenters. The molecule has 0 bridgehead atoms. The van der Waals surface area contributed by atoms with E-state index in [1.54, 1.807) is 24.3 Å². The van der Waals surface area contributed by atoms with E-state index in [0.717, 1.165) is 23.9 Å². The Labute approximate surface area is 151 Å². The number of rotatable bonds is 5. The molecule has 0 saturated heterocycles. The van der Waals surface area contributed by atoms with Gasteiger partial charge < -0.3 is 5.32 Å². The van der Waals surface area contributed by atoms with Gasteiger partial charge in [-0.25, -0.2) is 13.8 Å². The van der Waals surface area contributed by atoms with Crippen molar-refractivity contribution in [2.75, 3.05) is 11.1 Å². The van der Waals surface area contributed by atoms with Gasteiger partial charge in [-0.2, -0.15) is 0 Å². The van der Waals surface area contributed by atoms with Gasteiger partial charge in [0.1, 0.15) is 11.6 Å². The first-order chi connectivity index (χ1) is 12.5. The molecule has 1 N–H and O–H groups in total. The second kappa shape index (κ2) is 7.92. The lowest BCUT2D eigenvalue weighted by Gasteiger charge is -2.08. The Morgan fingerprint density at radius 1 is 1.15 bits per heavy atom. The van der Waals surface area contributed by atoms with E-state index in [4.69, 9.17) is 0 Å². The summed E-state index contributed by atoms with van der Waals surface area (Å²) in [7, 11) is 0. The van der Waals surface area contributed by atoms with Crippen LogP contribution in [0.25, 0.3) is 5.69 Å². The number of para-hydroxylation sites is 1. The zero-order valence-corrected chi connectivity index (χ0v) is 14.2. The van der Waals surface area contributed by atoms with Gasteiger partial charge in [0.05, 0.1) is 11.4 Å². The number of benzene rings is 2. The van der Waals surface area contributed by atoms with Crippen LogP contribution in [0.5, 0.6) is 0 Å². The molecule has 0 atom stereocenters. The summed E-state index contributed by atoms with van der Waals surface area (Å²) in [5.74, 6) is -2.27. The number of amides is 1. The van der Waals surface area contributed by atoms with E-state index in [9.17, 15) is 18.4 Å². The first-order valence-corrected chi connectivity index (χ1v) is 8.54. The van der Waals surface area contributed by atoms with Crippen LogP contribution in [-0.4, -0.2) is 21.2 Å². The minimum Gasteiger partial charge on any atom is -0.323 e. The maximum atomic E-state index is 13.6. The molecular weight excluding hydrogens is 360 g/mol. The number of aromatic nitrogens is 2. The van der Waals surface area contributed by atoms with Gasteiger partial charge in [-0.05, 0) is 24.3 Å². The van der Waals surface area contributed by atoms with Crippen molar-refractivity contribution in [3.8, 4) is 5.69 Å². The van der Waals surface area contributed by atoms with Crippen molar-refractivity contribution in [2.45, 2.75) is 5.03 Å². The predicted molar refractivity (Wildman–Crippen MR) is 95.5 cm³/mol. The van der Waals surface area contributed by atoms with E-state index >= 15 is 0 Å². The highest BCUT2D eigenvalue weighted by Crippen LogP contribution is 2.17. The number of hydrogen-bond donors (Lipinski definition) is 1. The van der Waals surface area contributed by atoms with Gasteiger partial charge in [-0.15, -0.1) is 0 Å². The lowest BCUT2D eigenvalue weighted by atomic mass is 10.3. The molecule has 0 spiro atoms. The van der Waals surface area contributed by atoms with Gasteiger partial charge in [0.15, 0.2) is 5.03 Å². The molecular formula is C18H13F2N3O2S. The monoisotopic (exact) mass is 373 g/mol. The third kappa shape index (κ3) is 4.15. The van der Waals surface area contributed by atoms with E-state index in [2.05, 4.69) is 10.3 Å². The summed E-state index contributed by atoms with van der Waals surface area (Å²) in [5.41, 5.74) is 0.198. The van der Waals surface area contributed by atoms with Crippen molar-refractivity contribution in [3.63, 3.8) is 0 Å². The molecule has 26 heavy (non-hydrogen) atoms. The number of nitrogens with zero attached hydrogens (tertiary/aromatic N) is 2. The summed E-state index contributed by atoms with van der Waals surface area (Å²) in [5, 5.41) is 2.48. The topological polar surface area (TPSA) is 64.0 Å². The van der Waals surface area contributed by atoms with Crippen LogP contribution in [0.4, 0.5) is 14.5 Å². The van der Waals surface area contributed by atoms with Crippen molar-refractivity contribution in [3.05, 3.63) is 82.9 Å². The molecule has 1 aromatic heterocycles. The number of thioether (sulfide) groups is 1. The van der Waals surface area contributed by atoms with Crippen LogP contribution in [0.2, 0.25) is 0 Å². The second-order valence-corrected chi connectivity index (χ2v) is 6.17. The minimum absolute atomic E-state index is 0.125. The number of anilines is 1. The molecule has 0 radical (unpaired) electrons. The molecule has 8 heteroatoms. The Kier molecular flexibility index (Phi) is 5.43. The zero-order chi connectivity index (χ0) is 18.5. The average Bonchev–Trinajstić information content (AvgIpc) is 2.64. The third-order valence-corrected chi connectivity index (χ3v) is 4.35. The fraction of sp³-hybridized carbons (Fsp3) is 0.0556. The molecule has 1 heterocycles. The Morgan fingerprint density at radius 2 is 1.92 bits per heavy atom. The van der Waals surface area contributed by atoms with Crippen LogP contribution in [0.15, 0.2) is 70.7 Å². The molecule has 132 valence electrons. The first-order valence-electron chi connectivity index (χ1n) is 7.55. The molecule has 5 nitrogen and oxygen atoms in total. The Morgan fingerprint density at radius 3 is 2.65 bits per heavy atom. The molecule has 0 aliphatic rings. The Balaban J connectivity index is 1.70. The quantitative estimate of drug-likeness (QED) is 0.698. The second-order valence-electron chi connectivity index (χ2n) is 5.20. The predicted octanol–water partition coefficient (Wildman–Crippen LogP) is 3.24. The third-order valence-electron chi connectivity index (χ3n) is 3.39. The maximum absolute atomic E-state index is 13.6. The molecule has 1 amide bonds. The van der Waals surface area contributed by atoms with Gasteiger partial charge >= 0.3 is 0 Å². The largest absolute Gasteiger partial charge is 0.323 e. The van der Waals surface area contributed by atoms with Crippen molar-refractivity contribution in [2.24, 2.45) is 0 Å². The van der Waals surface area contributed by atoms with Crippen LogP contribution >= 0.6 is 11.8 Å². The maximum Gasteiger partial charge on any atom is 0.287 e. The summed E-state index contributed by atoms with van der Waals surface area (Å²) < 4.78 is 27.8. The highest BCUT2D eigenvalue weighted by atomic mass is 32.2. The number of carbonyl (C=O) groups is 1. The molecule has 3 aromatic rings. The van der Waals surface area contributed by atoms with Crippen LogP contribution in [0.3, 0.4) is 0 Å². The van der Waals surface area contributed by atoms with Gasteiger partial charge in [0.25, 0.3) is 5.56 Å². The SMILES string of the molecule is O=C(CSc1nccn(-c2ccccc2)c1=O)Nc1ccc(F)cc1F. The van der Waals surface area contributed by atoms with Crippen molar-refractivity contribution < 1.29 is 13.6 Å². The number of halogens is 2. The van der Waals surface area contributed by atoms with Crippen LogP contribution in [-0.2, 0) is 4.79 Å². The van der Waals surface area contributed by atoms with Gasteiger partial charge in [-0.3, -0.25) is 14.2 Å². The minimum atomic E-state index is -0.868. The number of carbonyl (C=O) groups excluding carboxylic acids is 1. The standard InChI is InChI=1S/C18H13F2N3O2S/c19-12-6-7-15(14(20)10-12)22-16(24)11-26-17-18(25)23(9-8-21-17)13-4-2-1-3-5-13/h1-10H,11H2,(H,22,24). The van der Waals surface area contributed by atoms with Crippen LogP contribution < -0.4 is 10.9 Å². The Bertz CT molecular complexity index is 993. The van der Waals surface area contributed by atoms with E-state index in [1.807, 2.05) is 6.07 Å². The molecule has 0 aliphatic heterocycles. The normalized spacial score (nSPS) is 10.5. The average molecular weight is 373 g/mol.